The summed E-state index contributed by atoms with van der Waals surface area (Å²) in [6.07, 6.45) is 7.22. The van der Waals surface area contributed by atoms with Gasteiger partial charge in [0.1, 0.15) is 0 Å². The van der Waals surface area contributed by atoms with Gasteiger partial charge in [-0.15, -0.1) is 0 Å². The average molecular weight is 243 g/mol. The smallest absolute Gasteiger partial charge is 0.0926 e. The number of aliphatic hydroxyl groups is 1. The van der Waals surface area contributed by atoms with Gasteiger partial charge in [0, 0.05) is 18.1 Å². The second-order valence-corrected chi connectivity index (χ2v) is 6.37. The molecule has 18 heavy (non-hydrogen) atoms. The topological polar surface area (TPSA) is 23.5 Å². The second-order valence-electron chi connectivity index (χ2n) is 6.37. The molecule has 2 nitrogen and oxygen atoms in total. The summed E-state index contributed by atoms with van der Waals surface area (Å²) in [4.78, 5) is 2.73. The van der Waals surface area contributed by atoms with Gasteiger partial charge in [0.15, 0.2) is 0 Å². The van der Waals surface area contributed by atoms with Gasteiger partial charge >= 0.3 is 0 Å². The van der Waals surface area contributed by atoms with Crippen LogP contribution >= 0.6 is 0 Å². The van der Waals surface area contributed by atoms with Crippen LogP contribution in [0.5, 0.6) is 0 Å². The van der Waals surface area contributed by atoms with Gasteiger partial charge in [-0.1, -0.05) is 30.3 Å². The van der Waals surface area contributed by atoms with Crippen molar-refractivity contribution < 1.29 is 5.11 Å². The Balaban J connectivity index is 1.63. The van der Waals surface area contributed by atoms with E-state index in [-0.39, 0.29) is 0 Å². The lowest BCUT2D eigenvalue weighted by Gasteiger charge is -2.44. The molecule has 96 valence electrons. The van der Waals surface area contributed by atoms with E-state index in [2.05, 4.69) is 17.0 Å². The number of fused-ring (bicyclic) bond motifs is 2. The van der Waals surface area contributed by atoms with Gasteiger partial charge in [0.2, 0.25) is 0 Å². The molecule has 2 aliphatic heterocycles. The predicted octanol–water partition coefficient (Wildman–Crippen LogP) is 2.66. The molecule has 2 saturated heterocycles. The lowest BCUT2D eigenvalue weighted by Crippen LogP contribution is -2.50. The molecule has 1 N–H and O–H groups in total. The molecule has 2 atom stereocenters. The Morgan fingerprint density at radius 3 is 2.00 bits per heavy atom. The van der Waals surface area contributed by atoms with Crippen LogP contribution in [0.1, 0.15) is 44.1 Å². The Morgan fingerprint density at radius 1 is 0.889 bits per heavy atom. The molecule has 1 saturated carbocycles. The Kier molecular flexibility index (Phi) is 2.33. The van der Waals surface area contributed by atoms with Gasteiger partial charge in [-0.3, -0.25) is 4.90 Å². The van der Waals surface area contributed by atoms with E-state index < -0.39 is 5.60 Å². The van der Waals surface area contributed by atoms with Crippen molar-refractivity contribution in [3.63, 3.8) is 0 Å². The van der Waals surface area contributed by atoms with Crippen LogP contribution in [0, 0.1) is 0 Å². The molecule has 0 amide bonds. The summed E-state index contributed by atoms with van der Waals surface area (Å²) in [5.74, 6) is 0. The monoisotopic (exact) mass is 243 g/mol. The third-order valence-corrected chi connectivity index (χ3v) is 5.10. The molecule has 1 aromatic carbocycles. The molecule has 1 aliphatic carbocycles. The Labute approximate surface area is 109 Å². The summed E-state index contributed by atoms with van der Waals surface area (Å²) < 4.78 is 0. The van der Waals surface area contributed by atoms with Crippen molar-refractivity contribution in [2.24, 2.45) is 0 Å². The molecule has 4 rings (SSSR count). The molecule has 1 aromatic rings. The van der Waals surface area contributed by atoms with E-state index in [1.54, 1.807) is 0 Å². The number of hydrogen-bond donors (Lipinski definition) is 1. The van der Waals surface area contributed by atoms with Gasteiger partial charge in [0.05, 0.1) is 5.60 Å². The van der Waals surface area contributed by atoms with Gasteiger partial charge in [-0.05, 0) is 44.1 Å². The molecule has 0 radical (unpaired) electrons. The molecule has 3 aliphatic rings. The fourth-order valence-corrected chi connectivity index (χ4v) is 4.21. The van der Waals surface area contributed by atoms with Crippen LogP contribution in [0.4, 0.5) is 0 Å². The maximum absolute atomic E-state index is 11.0. The van der Waals surface area contributed by atoms with E-state index in [1.165, 1.54) is 25.7 Å². The van der Waals surface area contributed by atoms with Gasteiger partial charge < -0.3 is 5.11 Å². The van der Waals surface area contributed by atoms with E-state index in [1.807, 2.05) is 18.2 Å². The summed E-state index contributed by atoms with van der Waals surface area (Å²) in [5, 5.41) is 11.0. The van der Waals surface area contributed by atoms with Crippen LogP contribution in [-0.4, -0.2) is 28.1 Å². The number of nitrogens with zero attached hydrogens (tertiary/aromatic N) is 1. The first kappa shape index (κ1) is 11.0. The lowest BCUT2D eigenvalue weighted by atomic mass is 9.80. The molecular weight excluding hydrogens is 222 g/mol. The minimum Gasteiger partial charge on any atom is -0.385 e. The van der Waals surface area contributed by atoms with Gasteiger partial charge in [-0.2, -0.15) is 0 Å². The summed E-state index contributed by atoms with van der Waals surface area (Å²) in [5.41, 5.74) is 0.552. The van der Waals surface area contributed by atoms with Crippen LogP contribution in [0.25, 0.3) is 0 Å². The standard InChI is InChI=1S/C16H21NO/c18-16(12-4-2-1-3-5-12)10-14-8-9-15(11-16)17(14)13-6-7-13/h1-5,13-15,18H,6-11H2/t14-,15-/m1/s1. The largest absolute Gasteiger partial charge is 0.385 e. The number of piperidine rings is 1. The van der Waals surface area contributed by atoms with Crippen molar-refractivity contribution in [1.82, 2.24) is 4.90 Å². The minimum atomic E-state index is -0.571. The summed E-state index contributed by atoms with van der Waals surface area (Å²) in [6.45, 7) is 0. The van der Waals surface area contributed by atoms with E-state index in [0.29, 0.717) is 12.1 Å². The number of rotatable bonds is 2. The fraction of sp³-hybridized carbons (Fsp3) is 0.625. The van der Waals surface area contributed by atoms with E-state index in [4.69, 9.17) is 0 Å². The molecule has 0 unspecified atom stereocenters. The van der Waals surface area contributed by atoms with Crippen LogP contribution in [-0.2, 0) is 5.60 Å². The zero-order chi connectivity index (χ0) is 12.2. The fourth-order valence-electron chi connectivity index (χ4n) is 4.21. The van der Waals surface area contributed by atoms with Crippen LogP contribution in [0.15, 0.2) is 30.3 Å². The summed E-state index contributed by atoms with van der Waals surface area (Å²) in [6, 6.07) is 12.4. The predicted molar refractivity (Wildman–Crippen MR) is 71.2 cm³/mol. The highest BCUT2D eigenvalue weighted by Crippen LogP contribution is 2.49. The first-order valence-corrected chi connectivity index (χ1v) is 7.32. The van der Waals surface area contributed by atoms with Crippen LogP contribution in [0.3, 0.4) is 0 Å². The first-order chi connectivity index (χ1) is 8.76. The van der Waals surface area contributed by atoms with Crippen LogP contribution in [0.2, 0.25) is 0 Å². The molecule has 0 aromatic heterocycles. The van der Waals surface area contributed by atoms with E-state index in [9.17, 15) is 5.11 Å². The van der Waals surface area contributed by atoms with E-state index >= 15 is 0 Å². The van der Waals surface area contributed by atoms with E-state index in [0.717, 1.165) is 24.4 Å². The Hall–Kier alpha value is -0.860. The third kappa shape index (κ3) is 1.63. The first-order valence-electron chi connectivity index (χ1n) is 7.32. The van der Waals surface area contributed by atoms with Crippen molar-refractivity contribution in [1.29, 1.82) is 0 Å². The zero-order valence-electron chi connectivity index (χ0n) is 10.8. The SMILES string of the molecule is OC1(c2ccccc2)C[C@H]2CC[C@H](C1)N2C1CC1. The summed E-state index contributed by atoms with van der Waals surface area (Å²) >= 11 is 0. The summed E-state index contributed by atoms with van der Waals surface area (Å²) in [7, 11) is 0. The van der Waals surface area contributed by atoms with Crippen molar-refractivity contribution in [3.8, 4) is 0 Å². The van der Waals surface area contributed by atoms with Crippen LogP contribution < -0.4 is 0 Å². The molecule has 2 bridgehead atoms. The third-order valence-electron chi connectivity index (χ3n) is 5.10. The molecule has 2 heterocycles. The maximum Gasteiger partial charge on any atom is 0.0926 e. The average Bonchev–Trinajstić information content (AvgIpc) is 3.18. The normalized spacial score (nSPS) is 40.1. The van der Waals surface area contributed by atoms with Crippen molar-refractivity contribution >= 4 is 0 Å². The van der Waals surface area contributed by atoms with Gasteiger partial charge in [-0.25, -0.2) is 0 Å². The zero-order valence-corrected chi connectivity index (χ0v) is 10.8. The highest BCUT2D eigenvalue weighted by Gasteiger charge is 2.51. The Morgan fingerprint density at radius 2 is 1.44 bits per heavy atom. The second kappa shape index (κ2) is 3.82. The van der Waals surface area contributed by atoms with Crippen molar-refractivity contribution in [2.75, 3.05) is 0 Å². The lowest BCUT2D eigenvalue weighted by molar-refractivity contribution is -0.0594. The maximum atomic E-state index is 11.0. The molecule has 2 heteroatoms. The van der Waals surface area contributed by atoms with Gasteiger partial charge in [0.25, 0.3) is 0 Å². The molecule has 0 spiro atoms. The van der Waals surface area contributed by atoms with Crippen molar-refractivity contribution in [2.45, 2.75) is 62.3 Å². The molecular formula is C16H21NO. The number of benzene rings is 1. The highest BCUT2D eigenvalue weighted by atomic mass is 16.3. The quantitative estimate of drug-likeness (QED) is 0.863. The number of hydrogen-bond acceptors (Lipinski definition) is 2. The molecule has 3 fully saturated rings. The van der Waals surface area contributed by atoms with Crippen molar-refractivity contribution in [3.05, 3.63) is 35.9 Å². The Bertz CT molecular complexity index is 426. The highest BCUT2D eigenvalue weighted by molar-refractivity contribution is 5.25. The minimum absolute atomic E-state index is 0.571.